The zero-order valence-electron chi connectivity index (χ0n) is 11.6. The summed E-state index contributed by atoms with van der Waals surface area (Å²) in [6.07, 6.45) is 4.29. The molecule has 4 heteroatoms. The number of nitrogens with zero attached hydrogens (tertiary/aromatic N) is 1. The van der Waals surface area contributed by atoms with Crippen molar-refractivity contribution in [2.75, 3.05) is 13.1 Å². The van der Waals surface area contributed by atoms with Gasteiger partial charge in [-0.3, -0.25) is 4.79 Å². The Morgan fingerprint density at radius 1 is 1.21 bits per heavy atom. The molecule has 0 atom stereocenters. The molecule has 1 amide bonds. The number of halogens is 2. The standard InChI is InChI=1S/C15H21BrClNO/c1-3-5-9-18(10-6-4-2)15(19)12-7-8-14(17)13(16)11-12/h7-8,11H,3-6,9-10H2,1-2H3. The Morgan fingerprint density at radius 2 is 1.79 bits per heavy atom. The van der Waals surface area contributed by atoms with Crippen molar-refractivity contribution < 1.29 is 4.79 Å². The number of carbonyl (C=O) groups excluding carboxylic acids is 1. The summed E-state index contributed by atoms with van der Waals surface area (Å²) < 4.78 is 0.769. The first-order chi connectivity index (χ1) is 9.10. The second-order valence-corrected chi connectivity index (χ2v) is 5.89. The molecule has 2 nitrogen and oxygen atoms in total. The molecule has 0 heterocycles. The monoisotopic (exact) mass is 345 g/mol. The average molecular weight is 347 g/mol. The minimum absolute atomic E-state index is 0.0965. The van der Waals surface area contributed by atoms with Crippen LogP contribution in [0, 0.1) is 0 Å². The van der Waals surface area contributed by atoms with E-state index in [1.165, 1.54) is 0 Å². The van der Waals surface area contributed by atoms with Gasteiger partial charge in [-0.15, -0.1) is 0 Å². The van der Waals surface area contributed by atoms with E-state index in [2.05, 4.69) is 29.8 Å². The summed E-state index contributed by atoms with van der Waals surface area (Å²) in [5.41, 5.74) is 0.698. The molecule has 106 valence electrons. The fourth-order valence-corrected chi connectivity index (χ4v) is 2.32. The maximum atomic E-state index is 12.5. The molecule has 0 aliphatic rings. The van der Waals surface area contributed by atoms with Crippen molar-refractivity contribution in [1.29, 1.82) is 0 Å². The van der Waals surface area contributed by atoms with E-state index in [-0.39, 0.29) is 5.91 Å². The first kappa shape index (κ1) is 16.5. The van der Waals surface area contributed by atoms with Gasteiger partial charge in [0.05, 0.1) is 5.02 Å². The molecule has 1 rings (SSSR count). The van der Waals surface area contributed by atoms with Crippen molar-refractivity contribution in [2.45, 2.75) is 39.5 Å². The van der Waals surface area contributed by atoms with Gasteiger partial charge >= 0.3 is 0 Å². The molecule has 0 saturated carbocycles. The average Bonchev–Trinajstić information content (AvgIpc) is 2.41. The molecule has 0 aliphatic carbocycles. The minimum Gasteiger partial charge on any atom is -0.339 e. The number of carbonyl (C=O) groups is 1. The van der Waals surface area contributed by atoms with Gasteiger partial charge in [-0.25, -0.2) is 0 Å². The van der Waals surface area contributed by atoms with Crippen LogP contribution in [0.15, 0.2) is 22.7 Å². The maximum absolute atomic E-state index is 12.5. The predicted molar refractivity (Wildman–Crippen MR) is 84.9 cm³/mol. The lowest BCUT2D eigenvalue weighted by Crippen LogP contribution is -2.32. The van der Waals surface area contributed by atoms with Gasteiger partial charge in [-0.1, -0.05) is 38.3 Å². The van der Waals surface area contributed by atoms with Gasteiger partial charge in [0.15, 0.2) is 0 Å². The van der Waals surface area contributed by atoms with E-state index < -0.39 is 0 Å². The van der Waals surface area contributed by atoms with Crippen molar-refractivity contribution in [3.63, 3.8) is 0 Å². The zero-order chi connectivity index (χ0) is 14.3. The third kappa shape index (κ3) is 5.15. The highest BCUT2D eigenvalue weighted by Gasteiger charge is 2.15. The SMILES string of the molecule is CCCCN(CCCC)C(=O)c1ccc(Cl)c(Br)c1. The molecule has 19 heavy (non-hydrogen) atoms. The molecular weight excluding hydrogens is 326 g/mol. The molecule has 0 saturated heterocycles. The van der Waals surface area contributed by atoms with Crippen molar-refractivity contribution in [2.24, 2.45) is 0 Å². The van der Waals surface area contributed by atoms with E-state index in [0.717, 1.165) is 43.2 Å². The lowest BCUT2D eigenvalue weighted by Gasteiger charge is -2.22. The van der Waals surface area contributed by atoms with E-state index in [1.54, 1.807) is 18.2 Å². The third-order valence-corrected chi connectivity index (χ3v) is 4.23. The topological polar surface area (TPSA) is 20.3 Å². The lowest BCUT2D eigenvalue weighted by molar-refractivity contribution is 0.0751. The molecule has 0 fully saturated rings. The molecular formula is C15H21BrClNO. The van der Waals surface area contributed by atoms with Crippen LogP contribution in [0.5, 0.6) is 0 Å². The molecule has 1 aromatic rings. The van der Waals surface area contributed by atoms with E-state index in [9.17, 15) is 4.79 Å². The third-order valence-electron chi connectivity index (χ3n) is 3.02. The van der Waals surface area contributed by atoms with Gasteiger partial charge in [-0.2, -0.15) is 0 Å². The number of hydrogen-bond acceptors (Lipinski definition) is 1. The number of amides is 1. The summed E-state index contributed by atoms with van der Waals surface area (Å²) >= 11 is 9.33. The van der Waals surface area contributed by atoms with Crippen molar-refractivity contribution >= 4 is 33.4 Å². The van der Waals surface area contributed by atoms with Gasteiger partial charge < -0.3 is 4.90 Å². The van der Waals surface area contributed by atoms with Crippen LogP contribution in [0.2, 0.25) is 5.02 Å². The summed E-state index contributed by atoms with van der Waals surface area (Å²) in [4.78, 5) is 14.4. The predicted octanol–water partition coefficient (Wildman–Crippen LogP) is 5.14. The second-order valence-electron chi connectivity index (χ2n) is 4.63. The molecule has 0 bridgehead atoms. The zero-order valence-corrected chi connectivity index (χ0v) is 13.9. The molecule has 0 aromatic heterocycles. The van der Waals surface area contributed by atoms with Crippen molar-refractivity contribution in [3.8, 4) is 0 Å². The fourth-order valence-electron chi connectivity index (χ4n) is 1.82. The minimum atomic E-state index is 0.0965. The normalized spacial score (nSPS) is 10.5. The number of benzene rings is 1. The highest BCUT2D eigenvalue weighted by molar-refractivity contribution is 9.10. The van der Waals surface area contributed by atoms with Crippen LogP contribution in [-0.2, 0) is 0 Å². The van der Waals surface area contributed by atoms with Gasteiger partial charge in [0, 0.05) is 23.1 Å². The van der Waals surface area contributed by atoms with E-state index >= 15 is 0 Å². The summed E-state index contributed by atoms with van der Waals surface area (Å²) in [5.74, 6) is 0.0965. The molecule has 0 unspecified atom stereocenters. The Hall–Kier alpha value is -0.540. The van der Waals surface area contributed by atoms with Crippen LogP contribution in [0.25, 0.3) is 0 Å². The highest BCUT2D eigenvalue weighted by Crippen LogP contribution is 2.24. The Balaban J connectivity index is 2.81. The summed E-state index contributed by atoms with van der Waals surface area (Å²) in [5, 5.41) is 0.630. The smallest absolute Gasteiger partial charge is 0.253 e. The summed E-state index contributed by atoms with van der Waals surface area (Å²) in [7, 11) is 0. The van der Waals surface area contributed by atoms with E-state index in [1.807, 2.05) is 4.90 Å². The van der Waals surface area contributed by atoms with Gasteiger partial charge in [0.25, 0.3) is 5.91 Å². The van der Waals surface area contributed by atoms with E-state index in [0.29, 0.717) is 10.6 Å². The number of rotatable bonds is 7. The van der Waals surface area contributed by atoms with Crippen LogP contribution in [0.3, 0.4) is 0 Å². The number of hydrogen-bond donors (Lipinski definition) is 0. The van der Waals surface area contributed by atoms with E-state index in [4.69, 9.17) is 11.6 Å². The Labute approximate surface area is 129 Å². The molecule has 1 aromatic carbocycles. The van der Waals surface area contributed by atoms with Gasteiger partial charge in [-0.05, 0) is 47.0 Å². The van der Waals surface area contributed by atoms with Gasteiger partial charge in [0.2, 0.25) is 0 Å². The summed E-state index contributed by atoms with van der Waals surface area (Å²) in [6.45, 7) is 5.94. The Morgan fingerprint density at radius 3 is 2.26 bits per heavy atom. The lowest BCUT2D eigenvalue weighted by atomic mass is 10.1. The number of unbranched alkanes of at least 4 members (excludes halogenated alkanes) is 2. The molecule has 0 aliphatic heterocycles. The van der Waals surface area contributed by atoms with Crippen LogP contribution in [0.4, 0.5) is 0 Å². The van der Waals surface area contributed by atoms with Crippen LogP contribution in [-0.4, -0.2) is 23.9 Å². The first-order valence-corrected chi connectivity index (χ1v) is 8.01. The van der Waals surface area contributed by atoms with Gasteiger partial charge in [0.1, 0.15) is 0 Å². The quantitative estimate of drug-likeness (QED) is 0.669. The maximum Gasteiger partial charge on any atom is 0.253 e. The van der Waals surface area contributed by atoms with Crippen molar-refractivity contribution in [3.05, 3.63) is 33.3 Å². The molecule has 0 radical (unpaired) electrons. The van der Waals surface area contributed by atoms with Crippen LogP contribution in [0.1, 0.15) is 49.9 Å². The summed E-state index contributed by atoms with van der Waals surface area (Å²) in [6, 6.07) is 5.35. The van der Waals surface area contributed by atoms with Crippen LogP contribution < -0.4 is 0 Å². The fraction of sp³-hybridized carbons (Fsp3) is 0.533. The first-order valence-electron chi connectivity index (χ1n) is 6.84. The molecule has 0 spiro atoms. The Kier molecular flexibility index (Phi) is 7.47. The second kappa shape index (κ2) is 8.60. The van der Waals surface area contributed by atoms with Crippen molar-refractivity contribution in [1.82, 2.24) is 4.90 Å². The highest BCUT2D eigenvalue weighted by atomic mass is 79.9. The largest absolute Gasteiger partial charge is 0.339 e. The Bertz CT molecular complexity index is 415. The van der Waals surface area contributed by atoms with Crippen LogP contribution >= 0.6 is 27.5 Å². The molecule has 0 N–H and O–H groups in total.